The Labute approximate surface area is 184 Å². The highest BCUT2D eigenvalue weighted by Crippen LogP contribution is 2.28. The van der Waals surface area contributed by atoms with Crippen LogP contribution >= 0.6 is 11.3 Å². The van der Waals surface area contributed by atoms with Crippen molar-refractivity contribution in [2.75, 3.05) is 25.0 Å². The Morgan fingerprint density at radius 2 is 1.94 bits per heavy atom. The predicted molar refractivity (Wildman–Crippen MR) is 125 cm³/mol. The molecule has 1 aliphatic rings. The number of piperidine rings is 1. The van der Waals surface area contributed by atoms with Crippen LogP contribution in [-0.2, 0) is 6.42 Å². The van der Waals surface area contributed by atoms with E-state index >= 15 is 0 Å². The van der Waals surface area contributed by atoms with Crippen LogP contribution in [0.15, 0.2) is 52.8 Å². The predicted octanol–water partition coefficient (Wildman–Crippen LogP) is 3.44. The van der Waals surface area contributed by atoms with Crippen molar-refractivity contribution in [2.45, 2.75) is 19.3 Å². The number of aromatic nitrogens is 4. The van der Waals surface area contributed by atoms with Crippen molar-refractivity contribution in [1.29, 1.82) is 0 Å². The first-order valence-corrected chi connectivity index (χ1v) is 11.5. The van der Waals surface area contributed by atoms with E-state index in [4.69, 9.17) is 9.97 Å². The summed E-state index contributed by atoms with van der Waals surface area (Å²) in [6.07, 6.45) is 4.58. The maximum absolute atomic E-state index is 12.7. The number of anilines is 1. The molecule has 0 radical (unpaired) electrons. The Balaban J connectivity index is 1.43. The lowest BCUT2D eigenvalue weighted by Crippen LogP contribution is -2.31. The van der Waals surface area contributed by atoms with Gasteiger partial charge in [0, 0.05) is 24.5 Å². The molecule has 3 aromatic heterocycles. The van der Waals surface area contributed by atoms with Gasteiger partial charge in [-0.15, -0.1) is 11.3 Å². The normalized spacial score (nSPS) is 14.7. The van der Waals surface area contributed by atoms with Crippen molar-refractivity contribution in [3.63, 3.8) is 0 Å². The number of benzene rings is 1. The summed E-state index contributed by atoms with van der Waals surface area (Å²) in [4.78, 5) is 29.6. The van der Waals surface area contributed by atoms with Gasteiger partial charge in [-0.25, -0.2) is 9.97 Å². The average molecular weight is 433 g/mol. The molecule has 4 aromatic rings. The highest BCUT2D eigenvalue weighted by atomic mass is 32.1. The van der Waals surface area contributed by atoms with E-state index in [1.165, 1.54) is 12.8 Å². The van der Waals surface area contributed by atoms with Gasteiger partial charge in [-0.05, 0) is 43.5 Å². The lowest BCUT2D eigenvalue weighted by atomic mass is 9.98. The summed E-state index contributed by atoms with van der Waals surface area (Å²) in [7, 11) is 0. The standard InChI is InChI=1S/C23H24N6OS/c30-22-17-8-11-25-21(20(17)28-19(29-22)12-15-4-2-1-3-5-15)18-14-31-23(27-18)26-13-16-6-9-24-10-7-16/h1-5,8,11,14,16,24H,6-7,9-10,12-13H2,(H,26,27)(H,28,29,30). The van der Waals surface area contributed by atoms with Gasteiger partial charge >= 0.3 is 0 Å². The molecule has 0 bridgehead atoms. The SMILES string of the molecule is O=c1[nH]c(Cc2ccccc2)nc2c(-c3csc(NCC4CCNCC4)n3)nccc12. The van der Waals surface area contributed by atoms with Crippen molar-refractivity contribution in [3.05, 3.63) is 69.7 Å². The van der Waals surface area contributed by atoms with Crippen LogP contribution in [0, 0.1) is 5.92 Å². The third kappa shape index (κ3) is 4.50. The smallest absolute Gasteiger partial charge is 0.258 e. The molecule has 0 saturated carbocycles. The Kier molecular flexibility index (Phi) is 5.73. The van der Waals surface area contributed by atoms with Crippen LogP contribution in [0.3, 0.4) is 0 Å². The average Bonchev–Trinajstić information content (AvgIpc) is 3.28. The Morgan fingerprint density at radius 1 is 1.10 bits per heavy atom. The van der Waals surface area contributed by atoms with E-state index in [1.54, 1.807) is 23.6 Å². The quantitative estimate of drug-likeness (QED) is 0.432. The van der Waals surface area contributed by atoms with E-state index in [0.29, 0.717) is 34.8 Å². The third-order valence-electron chi connectivity index (χ3n) is 5.64. The molecular formula is C23H24N6OS. The molecule has 1 aromatic carbocycles. The number of nitrogens with one attached hydrogen (secondary N) is 3. The summed E-state index contributed by atoms with van der Waals surface area (Å²) < 4.78 is 0. The second kappa shape index (κ2) is 8.95. The molecule has 7 nitrogen and oxygen atoms in total. The van der Waals surface area contributed by atoms with Crippen molar-refractivity contribution in [3.8, 4) is 11.4 Å². The van der Waals surface area contributed by atoms with Crippen molar-refractivity contribution in [1.82, 2.24) is 25.3 Å². The van der Waals surface area contributed by atoms with Crippen LogP contribution < -0.4 is 16.2 Å². The van der Waals surface area contributed by atoms with E-state index in [-0.39, 0.29) is 5.56 Å². The Morgan fingerprint density at radius 3 is 2.77 bits per heavy atom. The van der Waals surface area contributed by atoms with Gasteiger partial charge in [0.1, 0.15) is 22.7 Å². The van der Waals surface area contributed by atoms with Gasteiger partial charge in [0.05, 0.1) is 5.39 Å². The summed E-state index contributed by atoms with van der Waals surface area (Å²) in [5.74, 6) is 1.29. The lowest BCUT2D eigenvalue weighted by molar-refractivity contribution is 0.390. The van der Waals surface area contributed by atoms with Crippen molar-refractivity contribution in [2.24, 2.45) is 5.92 Å². The van der Waals surface area contributed by atoms with Crippen molar-refractivity contribution >= 4 is 27.4 Å². The Hall–Kier alpha value is -3.10. The Bertz CT molecular complexity index is 1230. The zero-order chi connectivity index (χ0) is 21.0. The maximum atomic E-state index is 12.7. The molecule has 0 aliphatic carbocycles. The molecule has 5 rings (SSSR count). The molecule has 0 unspecified atom stereocenters. The molecule has 158 valence electrons. The first-order valence-electron chi connectivity index (χ1n) is 10.6. The molecule has 31 heavy (non-hydrogen) atoms. The minimum atomic E-state index is -0.154. The van der Waals surface area contributed by atoms with Gasteiger partial charge in [-0.3, -0.25) is 9.78 Å². The van der Waals surface area contributed by atoms with Crippen LogP contribution in [0.4, 0.5) is 5.13 Å². The molecule has 4 heterocycles. The lowest BCUT2D eigenvalue weighted by Gasteiger charge is -2.22. The number of thiazole rings is 1. The van der Waals surface area contributed by atoms with Crippen molar-refractivity contribution < 1.29 is 0 Å². The summed E-state index contributed by atoms with van der Waals surface area (Å²) >= 11 is 1.56. The number of H-pyrrole nitrogens is 1. The topological polar surface area (TPSA) is 95.6 Å². The highest BCUT2D eigenvalue weighted by molar-refractivity contribution is 7.14. The summed E-state index contributed by atoms with van der Waals surface area (Å²) in [5.41, 5.74) is 2.91. The van der Waals surface area contributed by atoms with Gasteiger partial charge < -0.3 is 15.6 Å². The van der Waals surface area contributed by atoms with Crippen LogP contribution in [0.2, 0.25) is 0 Å². The first-order chi connectivity index (χ1) is 15.3. The summed E-state index contributed by atoms with van der Waals surface area (Å²) in [5, 5.41) is 10.2. The number of hydrogen-bond acceptors (Lipinski definition) is 7. The minimum absolute atomic E-state index is 0.154. The van der Waals surface area contributed by atoms with E-state index in [0.717, 1.165) is 36.0 Å². The van der Waals surface area contributed by atoms with Crippen LogP contribution in [0.5, 0.6) is 0 Å². The zero-order valence-corrected chi connectivity index (χ0v) is 17.9. The first kappa shape index (κ1) is 19.8. The van der Waals surface area contributed by atoms with Gasteiger partial charge in [-0.1, -0.05) is 30.3 Å². The molecule has 3 N–H and O–H groups in total. The fourth-order valence-corrected chi connectivity index (χ4v) is 4.66. The number of pyridine rings is 1. The number of nitrogens with zero attached hydrogens (tertiary/aromatic N) is 3. The van der Waals surface area contributed by atoms with Gasteiger partial charge in [0.15, 0.2) is 5.13 Å². The van der Waals surface area contributed by atoms with E-state index in [9.17, 15) is 4.79 Å². The van der Waals surface area contributed by atoms with Gasteiger partial charge in [-0.2, -0.15) is 0 Å². The maximum Gasteiger partial charge on any atom is 0.258 e. The number of rotatable bonds is 6. The van der Waals surface area contributed by atoms with Crippen LogP contribution in [0.1, 0.15) is 24.2 Å². The van der Waals surface area contributed by atoms with E-state index in [1.807, 2.05) is 35.7 Å². The summed E-state index contributed by atoms with van der Waals surface area (Å²) in [6.45, 7) is 3.10. The monoisotopic (exact) mass is 432 g/mol. The molecule has 1 aliphatic heterocycles. The van der Waals surface area contributed by atoms with E-state index < -0.39 is 0 Å². The minimum Gasteiger partial charge on any atom is -0.361 e. The van der Waals surface area contributed by atoms with Crippen LogP contribution in [0.25, 0.3) is 22.3 Å². The van der Waals surface area contributed by atoms with Crippen LogP contribution in [-0.4, -0.2) is 39.6 Å². The molecular weight excluding hydrogens is 408 g/mol. The fourth-order valence-electron chi connectivity index (χ4n) is 3.95. The fraction of sp³-hybridized carbons (Fsp3) is 0.304. The zero-order valence-electron chi connectivity index (χ0n) is 17.1. The number of aromatic amines is 1. The molecule has 8 heteroatoms. The van der Waals surface area contributed by atoms with E-state index in [2.05, 4.69) is 20.6 Å². The van der Waals surface area contributed by atoms with Gasteiger partial charge in [0.25, 0.3) is 5.56 Å². The second-order valence-electron chi connectivity index (χ2n) is 7.84. The van der Waals surface area contributed by atoms with Gasteiger partial charge in [0.2, 0.25) is 0 Å². The molecule has 0 spiro atoms. The molecule has 0 amide bonds. The molecule has 0 atom stereocenters. The summed E-state index contributed by atoms with van der Waals surface area (Å²) in [6, 6.07) is 11.7. The highest BCUT2D eigenvalue weighted by Gasteiger charge is 2.16. The molecule has 1 fully saturated rings. The second-order valence-corrected chi connectivity index (χ2v) is 8.70. The third-order valence-corrected chi connectivity index (χ3v) is 6.44. The largest absolute Gasteiger partial charge is 0.361 e. The number of fused-ring (bicyclic) bond motifs is 1. The number of hydrogen-bond donors (Lipinski definition) is 3. The molecule has 1 saturated heterocycles.